The Morgan fingerprint density at radius 2 is 2.25 bits per heavy atom. The van der Waals surface area contributed by atoms with Crippen LogP contribution in [0.2, 0.25) is 0 Å². The number of halogens is 1. The second-order valence-corrected chi connectivity index (χ2v) is 4.50. The maximum absolute atomic E-state index is 13.2. The number of hydrogen-bond acceptors (Lipinski definition) is 4. The zero-order valence-corrected chi connectivity index (χ0v) is 11.1. The summed E-state index contributed by atoms with van der Waals surface area (Å²) in [6, 6.07) is 7.06. The van der Waals surface area contributed by atoms with Crippen LogP contribution in [0.3, 0.4) is 0 Å². The van der Waals surface area contributed by atoms with E-state index in [0.29, 0.717) is 17.0 Å². The van der Waals surface area contributed by atoms with Crippen molar-refractivity contribution < 1.29 is 14.3 Å². The van der Waals surface area contributed by atoms with Crippen molar-refractivity contribution in [1.82, 2.24) is 9.78 Å². The molecule has 1 aromatic carbocycles. The van der Waals surface area contributed by atoms with Gasteiger partial charge in [0, 0.05) is 19.0 Å². The van der Waals surface area contributed by atoms with Gasteiger partial charge in [-0.25, -0.2) is 4.39 Å². The smallest absolute Gasteiger partial charge is 0.177 e. The van der Waals surface area contributed by atoms with E-state index in [9.17, 15) is 14.3 Å². The van der Waals surface area contributed by atoms with Gasteiger partial charge < -0.3 is 10.8 Å². The van der Waals surface area contributed by atoms with Crippen LogP contribution in [0.15, 0.2) is 30.3 Å². The van der Waals surface area contributed by atoms with Crippen molar-refractivity contribution >= 4 is 5.78 Å². The number of rotatable bonds is 5. The number of aliphatic hydroxyl groups is 1. The average molecular weight is 277 g/mol. The molecule has 0 saturated heterocycles. The van der Waals surface area contributed by atoms with Crippen LogP contribution in [0.5, 0.6) is 0 Å². The van der Waals surface area contributed by atoms with Gasteiger partial charge in [-0.3, -0.25) is 9.48 Å². The highest BCUT2D eigenvalue weighted by atomic mass is 19.1. The lowest BCUT2D eigenvalue weighted by Gasteiger charge is -2.14. The number of nitrogens with two attached hydrogens (primary N) is 1. The Kier molecular flexibility index (Phi) is 4.26. The summed E-state index contributed by atoms with van der Waals surface area (Å²) in [6.45, 7) is 1.34. The number of ketones is 1. The SMILES string of the molecule is CC(=O)c1cc(-c2cccc(F)c2)nn1C(CN)CO. The second kappa shape index (κ2) is 5.94. The van der Waals surface area contributed by atoms with E-state index in [2.05, 4.69) is 5.10 Å². The van der Waals surface area contributed by atoms with Crippen LogP contribution in [0.4, 0.5) is 4.39 Å². The van der Waals surface area contributed by atoms with E-state index in [1.165, 1.54) is 23.7 Å². The molecule has 0 bridgehead atoms. The third kappa shape index (κ3) is 2.76. The van der Waals surface area contributed by atoms with Gasteiger partial charge in [0.15, 0.2) is 5.78 Å². The molecule has 6 heteroatoms. The normalized spacial score (nSPS) is 12.4. The summed E-state index contributed by atoms with van der Waals surface area (Å²) in [5, 5.41) is 13.6. The Morgan fingerprint density at radius 3 is 2.80 bits per heavy atom. The zero-order valence-electron chi connectivity index (χ0n) is 11.1. The van der Waals surface area contributed by atoms with Crippen molar-refractivity contribution in [2.75, 3.05) is 13.2 Å². The number of carbonyl (C=O) groups is 1. The molecule has 2 aromatic rings. The third-order valence-corrected chi connectivity index (χ3v) is 3.05. The number of nitrogens with zero attached hydrogens (tertiary/aromatic N) is 2. The van der Waals surface area contributed by atoms with E-state index in [4.69, 9.17) is 5.73 Å². The lowest BCUT2D eigenvalue weighted by Crippen LogP contribution is -2.26. The van der Waals surface area contributed by atoms with Gasteiger partial charge in [0.2, 0.25) is 0 Å². The molecule has 2 rings (SSSR count). The van der Waals surface area contributed by atoms with E-state index < -0.39 is 6.04 Å². The number of aliphatic hydroxyl groups excluding tert-OH is 1. The highest BCUT2D eigenvalue weighted by molar-refractivity contribution is 5.93. The molecule has 0 fully saturated rings. The molecule has 0 spiro atoms. The molecular formula is C14H16FN3O2. The molecule has 3 N–H and O–H groups in total. The summed E-state index contributed by atoms with van der Waals surface area (Å²) in [5.74, 6) is -0.564. The molecule has 0 aliphatic rings. The van der Waals surface area contributed by atoms with Crippen molar-refractivity contribution in [3.8, 4) is 11.3 Å². The largest absolute Gasteiger partial charge is 0.394 e. The Balaban J connectivity index is 2.51. The van der Waals surface area contributed by atoms with Crippen LogP contribution in [-0.4, -0.2) is 33.8 Å². The summed E-state index contributed by atoms with van der Waals surface area (Å²) in [5.41, 5.74) is 6.95. The number of Topliss-reactive ketones (excluding diaryl/α,β-unsaturated/α-hetero) is 1. The number of benzene rings is 1. The molecular weight excluding hydrogens is 261 g/mol. The molecule has 20 heavy (non-hydrogen) atoms. The molecule has 1 aromatic heterocycles. The minimum Gasteiger partial charge on any atom is -0.394 e. The van der Waals surface area contributed by atoms with Crippen LogP contribution >= 0.6 is 0 Å². The molecule has 1 heterocycles. The standard InChI is InChI=1S/C14H16FN3O2/c1-9(20)14-6-13(10-3-2-4-11(15)5-10)17-18(14)12(7-16)8-19/h2-6,12,19H,7-8,16H2,1H3. The van der Waals surface area contributed by atoms with Crippen molar-refractivity contribution in [3.63, 3.8) is 0 Å². The molecule has 106 valence electrons. The molecule has 0 aliphatic heterocycles. The molecule has 0 saturated carbocycles. The number of carbonyl (C=O) groups excluding carboxylic acids is 1. The quantitative estimate of drug-likeness (QED) is 0.809. The first-order chi connectivity index (χ1) is 9.56. The van der Waals surface area contributed by atoms with Crippen LogP contribution in [0, 0.1) is 5.82 Å². The molecule has 1 unspecified atom stereocenters. The van der Waals surface area contributed by atoms with Crippen LogP contribution in [-0.2, 0) is 0 Å². The van der Waals surface area contributed by atoms with Gasteiger partial charge in [-0.1, -0.05) is 12.1 Å². The number of aromatic nitrogens is 2. The molecule has 0 amide bonds. The summed E-state index contributed by atoms with van der Waals surface area (Å²) in [4.78, 5) is 11.7. The van der Waals surface area contributed by atoms with Crippen molar-refractivity contribution in [1.29, 1.82) is 0 Å². The summed E-state index contributed by atoms with van der Waals surface area (Å²) >= 11 is 0. The molecule has 0 aliphatic carbocycles. The first-order valence-corrected chi connectivity index (χ1v) is 6.24. The van der Waals surface area contributed by atoms with Gasteiger partial charge in [-0.05, 0) is 18.2 Å². The van der Waals surface area contributed by atoms with Crippen molar-refractivity contribution in [2.24, 2.45) is 5.73 Å². The van der Waals surface area contributed by atoms with E-state index in [1.807, 2.05) is 0 Å². The van der Waals surface area contributed by atoms with Gasteiger partial charge in [-0.15, -0.1) is 0 Å². The Labute approximate surface area is 115 Å². The van der Waals surface area contributed by atoms with E-state index in [0.717, 1.165) is 0 Å². The van der Waals surface area contributed by atoms with Gasteiger partial charge in [-0.2, -0.15) is 5.10 Å². The predicted octanol–water partition coefficient (Wildman–Crippen LogP) is 1.38. The lowest BCUT2D eigenvalue weighted by molar-refractivity contribution is 0.0997. The maximum Gasteiger partial charge on any atom is 0.177 e. The first-order valence-electron chi connectivity index (χ1n) is 6.24. The van der Waals surface area contributed by atoms with Crippen LogP contribution < -0.4 is 5.73 Å². The van der Waals surface area contributed by atoms with Crippen LogP contribution in [0.25, 0.3) is 11.3 Å². The fourth-order valence-corrected chi connectivity index (χ4v) is 1.98. The summed E-state index contributed by atoms with van der Waals surface area (Å²) in [6.07, 6.45) is 0. The van der Waals surface area contributed by atoms with E-state index in [-0.39, 0.29) is 24.8 Å². The minimum atomic E-state index is -0.476. The molecule has 0 radical (unpaired) electrons. The summed E-state index contributed by atoms with van der Waals surface area (Å²) < 4.78 is 14.7. The van der Waals surface area contributed by atoms with E-state index >= 15 is 0 Å². The fraction of sp³-hybridized carbons (Fsp3) is 0.286. The monoisotopic (exact) mass is 277 g/mol. The highest BCUT2D eigenvalue weighted by Gasteiger charge is 2.19. The van der Waals surface area contributed by atoms with Gasteiger partial charge >= 0.3 is 0 Å². The van der Waals surface area contributed by atoms with Gasteiger partial charge in [0.1, 0.15) is 11.5 Å². The predicted molar refractivity (Wildman–Crippen MR) is 72.8 cm³/mol. The maximum atomic E-state index is 13.2. The fourth-order valence-electron chi connectivity index (χ4n) is 1.98. The molecule has 5 nitrogen and oxygen atoms in total. The van der Waals surface area contributed by atoms with Gasteiger partial charge in [0.05, 0.1) is 18.3 Å². The first kappa shape index (κ1) is 14.4. The van der Waals surface area contributed by atoms with Crippen LogP contribution in [0.1, 0.15) is 23.5 Å². The van der Waals surface area contributed by atoms with Crippen molar-refractivity contribution in [2.45, 2.75) is 13.0 Å². The zero-order chi connectivity index (χ0) is 14.7. The summed E-state index contributed by atoms with van der Waals surface area (Å²) in [7, 11) is 0. The van der Waals surface area contributed by atoms with E-state index in [1.54, 1.807) is 18.2 Å². The Hall–Kier alpha value is -2.05. The lowest BCUT2D eigenvalue weighted by atomic mass is 10.1. The van der Waals surface area contributed by atoms with Gasteiger partial charge in [0.25, 0.3) is 0 Å². The third-order valence-electron chi connectivity index (χ3n) is 3.05. The average Bonchev–Trinajstić information content (AvgIpc) is 2.85. The second-order valence-electron chi connectivity index (χ2n) is 4.50. The number of hydrogen-bond donors (Lipinski definition) is 2. The van der Waals surface area contributed by atoms with Crippen molar-refractivity contribution in [3.05, 3.63) is 41.8 Å². The topological polar surface area (TPSA) is 81.1 Å². The Bertz CT molecular complexity index is 621. The Morgan fingerprint density at radius 1 is 1.50 bits per heavy atom. The molecule has 1 atom stereocenters. The minimum absolute atomic E-state index is 0.154. The highest BCUT2D eigenvalue weighted by Crippen LogP contribution is 2.22.